The van der Waals surface area contributed by atoms with Gasteiger partial charge in [0.05, 0.1) is 0 Å². The van der Waals surface area contributed by atoms with E-state index >= 15 is 0 Å². The lowest BCUT2D eigenvalue weighted by Crippen LogP contribution is -1.98. The second-order valence-corrected chi connectivity index (χ2v) is 4.71. The molecule has 3 nitrogen and oxygen atoms in total. The highest BCUT2D eigenvalue weighted by Gasteiger charge is 2.12. The zero-order chi connectivity index (χ0) is 13.3. The van der Waals surface area contributed by atoms with Crippen molar-refractivity contribution in [3.8, 4) is 11.6 Å². The molecule has 0 atom stereocenters. The third-order valence-electron chi connectivity index (χ3n) is 3.05. The lowest BCUT2D eigenvalue weighted by molar-refractivity contribution is 0.450. The molecular weight excluding hydrogens is 248 g/mol. The van der Waals surface area contributed by atoms with Gasteiger partial charge in [0.15, 0.2) is 0 Å². The van der Waals surface area contributed by atoms with Crippen LogP contribution in [0.25, 0.3) is 0 Å². The molecule has 1 heterocycles. The van der Waals surface area contributed by atoms with Crippen molar-refractivity contribution in [3.63, 3.8) is 0 Å². The fraction of sp³-hybridized carbons (Fsp3) is 0.286. The fourth-order valence-electron chi connectivity index (χ4n) is 1.70. The maximum absolute atomic E-state index is 5.96. The fourth-order valence-corrected chi connectivity index (χ4v) is 1.82. The number of rotatable bonds is 2. The van der Waals surface area contributed by atoms with E-state index < -0.39 is 0 Å². The van der Waals surface area contributed by atoms with Crippen LogP contribution in [-0.2, 0) is 0 Å². The van der Waals surface area contributed by atoms with Gasteiger partial charge in [-0.15, -0.1) is 0 Å². The highest BCUT2D eigenvalue weighted by atomic mass is 35.5. The van der Waals surface area contributed by atoms with Gasteiger partial charge >= 0.3 is 0 Å². The molecular formula is C14H15ClN2O. The number of ether oxygens (including phenoxy) is 1. The summed E-state index contributed by atoms with van der Waals surface area (Å²) in [6.07, 6.45) is 1.41. The third-order valence-corrected chi connectivity index (χ3v) is 3.43. The molecule has 0 aliphatic rings. The second kappa shape index (κ2) is 4.94. The summed E-state index contributed by atoms with van der Waals surface area (Å²) in [7, 11) is 0. The average Bonchev–Trinajstić information content (AvgIpc) is 2.35. The van der Waals surface area contributed by atoms with Gasteiger partial charge in [0, 0.05) is 5.56 Å². The van der Waals surface area contributed by atoms with Gasteiger partial charge < -0.3 is 4.74 Å². The molecule has 0 fully saturated rings. The molecule has 0 N–H and O–H groups in total. The summed E-state index contributed by atoms with van der Waals surface area (Å²) >= 11 is 5.96. The van der Waals surface area contributed by atoms with Crippen LogP contribution >= 0.6 is 11.6 Å². The molecule has 0 aliphatic carbocycles. The molecule has 2 aromatic rings. The predicted octanol–water partition coefficient (Wildman–Crippen LogP) is 4.16. The van der Waals surface area contributed by atoms with Crippen LogP contribution in [0.15, 0.2) is 18.5 Å². The smallest absolute Gasteiger partial charge is 0.226 e. The van der Waals surface area contributed by atoms with E-state index in [-0.39, 0.29) is 0 Å². The number of aryl methyl sites for hydroxylation is 2. The van der Waals surface area contributed by atoms with Crippen molar-refractivity contribution in [1.29, 1.82) is 0 Å². The Labute approximate surface area is 112 Å². The first-order chi connectivity index (χ1) is 8.50. The Morgan fingerprint density at radius 3 is 2.33 bits per heavy atom. The first-order valence-corrected chi connectivity index (χ1v) is 6.10. The molecule has 94 valence electrons. The molecule has 2 rings (SSSR count). The Kier molecular flexibility index (Phi) is 3.53. The van der Waals surface area contributed by atoms with Gasteiger partial charge in [-0.25, -0.2) is 9.97 Å². The molecule has 0 aliphatic heterocycles. The Balaban J connectivity index is 2.46. The topological polar surface area (TPSA) is 35.0 Å². The molecule has 0 saturated carbocycles. The standard InChI is InChI=1S/C14H15ClN2O/c1-8-5-6-9(2)12(10(8)3)18-14-11(4)13(15)16-7-17-14/h5-7H,1-4H3. The summed E-state index contributed by atoms with van der Waals surface area (Å²) in [5.41, 5.74) is 4.13. The van der Waals surface area contributed by atoms with Gasteiger partial charge in [-0.1, -0.05) is 23.7 Å². The quantitative estimate of drug-likeness (QED) is 0.763. The molecule has 18 heavy (non-hydrogen) atoms. The minimum Gasteiger partial charge on any atom is -0.438 e. The minimum atomic E-state index is 0.419. The van der Waals surface area contributed by atoms with Gasteiger partial charge in [0.25, 0.3) is 0 Å². The number of nitrogens with zero attached hydrogens (tertiary/aromatic N) is 2. The van der Waals surface area contributed by atoms with Crippen LogP contribution in [0.2, 0.25) is 5.15 Å². The van der Waals surface area contributed by atoms with Gasteiger partial charge in [-0.2, -0.15) is 0 Å². The van der Waals surface area contributed by atoms with E-state index in [0.29, 0.717) is 11.0 Å². The van der Waals surface area contributed by atoms with Gasteiger partial charge in [-0.3, -0.25) is 0 Å². The summed E-state index contributed by atoms with van der Waals surface area (Å²) in [6.45, 7) is 7.95. The lowest BCUT2D eigenvalue weighted by Gasteiger charge is -2.14. The van der Waals surface area contributed by atoms with Crippen LogP contribution in [0.3, 0.4) is 0 Å². The molecule has 0 radical (unpaired) electrons. The third kappa shape index (κ3) is 2.31. The molecule has 0 unspecified atom stereocenters. The van der Waals surface area contributed by atoms with Crippen LogP contribution < -0.4 is 4.74 Å². The van der Waals surface area contributed by atoms with E-state index in [1.165, 1.54) is 11.9 Å². The highest BCUT2D eigenvalue weighted by molar-refractivity contribution is 6.30. The SMILES string of the molecule is Cc1ccc(C)c(Oc2ncnc(Cl)c2C)c1C. The zero-order valence-corrected chi connectivity index (χ0v) is 11.7. The van der Waals surface area contributed by atoms with Gasteiger partial charge in [-0.05, 0) is 44.4 Å². The van der Waals surface area contributed by atoms with E-state index in [4.69, 9.17) is 16.3 Å². The summed E-state index contributed by atoms with van der Waals surface area (Å²) in [5.74, 6) is 1.35. The molecule has 0 bridgehead atoms. The van der Waals surface area contributed by atoms with E-state index in [0.717, 1.165) is 22.4 Å². The predicted molar refractivity (Wildman–Crippen MR) is 72.5 cm³/mol. The van der Waals surface area contributed by atoms with E-state index in [1.54, 1.807) is 0 Å². The number of hydrogen-bond acceptors (Lipinski definition) is 3. The van der Waals surface area contributed by atoms with E-state index in [2.05, 4.69) is 23.0 Å². The van der Waals surface area contributed by atoms with Crippen molar-refractivity contribution in [2.75, 3.05) is 0 Å². The lowest BCUT2D eigenvalue weighted by atomic mass is 10.1. The van der Waals surface area contributed by atoms with Crippen molar-refractivity contribution in [2.24, 2.45) is 0 Å². The molecule has 0 amide bonds. The molecule has 1 aromatic carbocycles. The Morgan fingerprint density at radius 1 is 0.944 bits per heavy atom. The molecule has 0 spiro atoms. The highest BCUT2D eigenvalue weighted by Crippen LogP contribution is 2.32. The minimum absolute atomic E-state index is 0.419. The Hall–Kier alpha value is -1.61. The largest absolute Gasteiger partial charge is 0.438 e. The van der Waals surface area contributed by atoms with Crippen molar-refractivity contribution in [3.05, 3.63) is 45.9 Å². The Bertz CT molecular complexity index is 597. The van der Waals surface area contributed by atoms with E-state index in [1.807, 2.05) is 26.8 Å². The van der Waals surface area contributed by atoms with Crippen LogP contribution in [0.4, 0.5) is 0 Å². The van der Waals surface area contributed by atoms with Crippen molar-refractivity contribution >= 4 is 11.6 Å². The zero-order valence-electron chi connectivity index (χ0n) is 10.9. The summed E-state index contributed by atoms with van der Waals surface area (Å²) in [6, 6.07) is 4.12. The van der Waals surface area contributed by atoms with Gasteiger partial charge in [0.1, 0.15) is 17.2 Å². The summed E-state index contributed by atoms with van der Waals surface area (Å²) in [4.78, 5) is 8.05. The van der Waals surface area contributed by atoms with Crippen LogP contribution in [-0.4, -0.2) is 9.97 Å². The Morgan fingerprint density at radius 2 is 1.61 bits per heavy atom. The number of benzene rings is 1. The van der Waals surface area contributed by atoms with Crippen molar-refractivity contribution in [1.82, 2.24) is 9.97 Å². The van der Waals surface area contributed by atoms with Crippen LogP contribution in [0, 0.1) is 27.7 Å². The first-order valence-electron chi connectivity index (χ1n) is 5.72. The van der Waals surface area contributed by atoms with Crippen molar-refractivity contribution < 1.29 is 4.74 Å². The van der Waals surface area contributed by atoms with Crippen LogP contribution in [0.1, 0.15) is 22.3 Å². The van der Waals surface area contributed by atoms with E-state index in [9.17, 15) is 0 Å². The summed E-state index contributed by atoms with van der Waals surface area (Å²) < 4.78 is 5.90. The monoisotopic (exact) mass is 262 g/mol. The normalized spacial score (nSPS) is 10.5. The molecule has 1 aromatic heterocycles. The number of halogens is 1. The average molecular weight is 263 g/mol. The molecule has 0 saturated heterocycles. The first kappa shape index (κ1) is 12.8. The van der Waals surface area contributed by atoms with Gasteiger partial charge in [0.2, 0.25) is 5.88 Å². The molecule has 4 heteroatoms. The maximum atomic E-state index is 5.96. The van der Waals surface area contributed by atoms with Crippen LogP contribution in [0.5, 0.6) is 11.6 Å². The number of hydrogen-bond donors (Lipinski definition) is 0. The maximum Gasteiger partial charge on any atom is 0.226 e. The number of aromatic nitrogens is 2. The van der Waals surface area contributed by atoms with Crippen molar-refractivity contribution in [2.45, 2.75) is 27.7 Å². The summed E-state index contributed by atoms with van der Waals surface area (Å²) in [5, 5.41) is 0.419. The second-order valence-electron chi connectivity index (χ2n) is 4.35.